The third-order valence-electron chi connectivity index (χ3n) is 3.77. The molecule has 0 bridgehead atoms. The molecule has 130 valence electrons. The van der Waals surface area contributed by atoms with Crippen LogP contribution >= 0.6 is 0 Å². The van der Waals surface area contributed by atoms with Gasteiger partial charge in [0.1, 0.15) is 0 Å². The van der Waals surface area contributed by atoms with Gasteiger partial charge in [0.15, 0.2) is 5.96 Å². The first-order valence-electron chi connectivity index (χ1n) is 8.36. The summed E-state index contributed by atoms with van der Waals surface area (Å²) in [4.78, 5) is 18.4. The van der Waals surface area contributed by atoms with E-state index in [1.165, 1.54) is 5.69 Å². The van der Waals surface area contributed by atoms with Gasteiger partial charge in [0.25, 0.3) is 0 Å². The SMILES string of the molecule is CCNC(=NCCC(=O)NC(C)CC)N(C)Cc1cccn1C. The highest BCUT2D eigenvalue weighted by atomic mass is 16.1. The Morgan fingerprint density at radius 1 is 1.43 bits per heavy atom. The Hall–Kier alpha value is -1.98. The van der Waals surface area contributed by atoms with Gasteiger partial charge in [-0.25, -0.2) is 0 Å². The average molecular weight is 321 g/mol. The first-order valence-corrected chi connectivity index (χ1v) is 8.36. The number of aliphatic imine (C=N–C) groups is 1. The fourth-order valence-corrected chi connectivity index (χ4v) is 2.16. The lowest BCUT2D eigenvalue weighted by atomic mass is 10.2. The number of carbonyl (C=O) groups excluding carboxylic acids is 1. The molecule has 0 saturated carbocycles. The molecule has 0 radical (unpaired) electrons. The van der Waals surface area contributed by atoms with Crippen molar-refractivity contribution in [2.45, 2.75) is 46.2 Å². The number of aryl methyl sites for hydroxylation is 1. The molecule has 0 spiro atoms. The summed E-state index contributed by atoms with van der Waals surface area (Å²) in [6, 6.07) is 4.35. The minimum absolute atomic E-state index is 0.0593. The zero-order valence-electron chi connectivity index (χ0n) is 15.1. The number of hydrogen-bond acceptors (Lipinski definition) is 2. The molecule has 1 heterocycles. The van der Waals surface area contributed by atoms with E-state index in [0.717, 1.165) is 25.5 Å². The fourth-order valence-electron chi connectivity index (χ4n) is 2.16. The van der Waals surface area contributed by atoms with Crippen LogP contribution in [0.2, 0.25) is 0 Å². The molecule has 1 aromatic rings. The summed E-state index contributed by atoms with van der Waals surface area (Å²) in [5.74, 6) is 0.883. The van der Waals surface area contributed by atoms with Crippen LogP contribution in [0.5, 0.6) is 0 Å². The summed E-state index contributed by atoms with van der Waals surface area (Å²) in [5.41, 5.74) is 1.22. The zero-order chi connectivity index (χ0) is 17.2. The Kier molecular flexibility index (Phi) is 8.22. The molecule has 6 nitrogen and oxygen atoms in total. The number of nitrogens with one attached hydrogen (secondary N) is 2. The molecule has 0 saturated heterocycles. The number of guanidine groups is 1. The Balaban J connectivity index is 2.55. The summed E-state index contributed by atoms with van der Waals surface area (Å²) in [6.07, 6.45) is 3.39. The lowest BCUT2D eigenvalue weighted by Gasteiger charge is -2.22. The molecule has 23 heavy (non-hydrogen) atoms. The maximum atomic E-state index is 11.8. The zero-order valence-corrected chi connectivity index (χ0v) is 15.1. The summed E-state index contributed by atoms with van der Waals surface area (Å²) >= 11 is 0. The number of aromatic nitrogens is 1. The van der Waals surface area contributed by atoms with Gasteiger partial charge in [-0.3, -0.25) is 9.79 Å². The van der Waals surface area contributed by atoms with Gasteiger partial charge in [-0.05, 0) is 32.4 Å². The monoisotopic (exact) mass is 321 g/mol. The van der Waals surface area contributed by atoms with Crippen molar-refractivity contribution in [3.05, 3.63) is 24.0 Å². The highest BCUT2D eigenvalue weighted by molar-refractivity contribution is 5.80. The lowest BCUT2D eigenvalue weighted by molar-refractivity contribution is -0.121. The smallest absolute Gasteiger partial charge is 0.222 e. The van der Waals surface area contributed by atoms with E-state index in [1.54, 1.807) is 0 Å². The van der Waals surface area contributed by atoms with Gasteiger partial charge in [0.05, 0.1) is 13.1 Å². The standard InChI is InChI=1S/C17H31N5O/c1-6-14(3)20-16(23)10-11-19-17(18-7-2)22(5)13-15-9-8-12-21(15)4/h8-9,12,14H,6-7,10-11,13H2,1-5H3,(H,18,19)(H,20,23). The number of rotatable bonds is 8. The van der Waals surface area contributed by atoms with Crippen LogP contribution in [0, 0.1) is 0 Å². The molecule has 2 N–H and O–H groups in total. The number of nitrogens with zero attached hydrogens (tertiary/aromatic N) is 3. The van der Waals surface area contributed by atoms with E-state index >= 15 is 0 Å². The molecule has 0 fully saturated rings. The van der Waals surface area contributed by atoms with E-state index in [9.17, 15) is 4.79 Å². The summed E-state index contributed by atoms with van der Waals surface area (Å²) < 4.78 is 2.10. The second-order valence-electron chi connectivity index (χ2n) is 5.83. The highest BCUT2D eigenvalue weighted by Gasteiger charge is 2.09. The van der Waals surface area contributed by atoms with Crippen molar-refractivity contribution in [2.75, 3.05) is 20.1 Å². The van der Waals surface area contributed by atoms with E-state index in [1.807, 2.05) is 40.2 Å². The summed E-state index contributed by atoms with van der Waals surface area (Å²) in [7, 11) is 4.04. The van der Waals surface area contributed by atoms with Gasteiger partial charge < -0.3 is 20.1 Å². The topological polar surface area (TPSA) is 61.7 Å². The van der Waals surface area contributed by atoms with Gasteiger partial charge in [-0.1, -0.05) is 6.92 Å². The minimum Gasteiger partial charge on any atom is -0.357 e. The van der Waals surface area contributed by atoms with Gasteiger partial charge in [-0.15, -0.1) is 0 Å². The van der Waals surface area contributed by atoms with Crippen molar-refractivity contribution >= 4 is 11.9 Å². The molecule has 1 aromatic heterocycles. The maximum absolute atomic E-state index is 11.8. The van der Waals surface area contributed by atoms with Gasteiger partial charge in [0.2, 0.25) is 5.91 Å². The largest absolute Gasteiger partial charge is 0.357 e. The van der Waals surface area contributed by atoms with Crippen molar-refractivity contribution in [1.29, 1.82) is 0 Å². The Morgan fingerprint density at radius 3 is 2.74 bits per heavy atom. The fraction of sp³-hybridized carbons (Fsp3) is 0.647. The lowest BCUT2D eigenvalue weighted by Crippen LogP contribution is -2.39. The molecule has 6 heteroatoms. The van der Waals surface area contributed by atoms with Crippen LogP contribution in [0.3, 0.4) is 0 Å². The number of hydrogen-bond donors (Lipinski definition) is 2. The molecular weight excluding hydrogens is 290 g/mol. The first kappa shape index (κ1) is 19.1. The minimum atomic E-state index is 0.0593. The van der Waals surface area contributed by atoms with Crippen molar-refractivity contribution in [3.8, 4) is 0 Å². The van der Waals surface area contributed by atoms with Crippen LogP contribution in [0.15, 0.2) is 23.3 Å². The van der Waals surface area contributed by atoms with Crippen molar-refractivity contribution in [1.82, 2.24) is 20.1 Å². The molecule has 1 atom stereocenters. The maximum Gasteiger partial charge on any atom is 0.222 e. The van der Waals surface area contributed by atoms with E-state index in [4.69, 9.17) is 0 Å². The molecule has 0 aliphatic carbocycles. The Bertz CT molecular complexity index is 509. The van der Waals surface area contributed by atoms with E-state index in [0.29, 0.717) is 13.0 Å². The van der Waals surface area contributed by atoms with Gasteiger partial charge >= 0.3 is 0 Å². The predicted molar refractivity (Wildman–Crippen MR) is 95.4 cm³/mol. The quantitative estimate of drug-likeness (QED) is 0.566. The van der Waals surface area contributed by atoms with E-state index in [-0.39, 0.29) is 11.9 Å². The predicted octanol–water partition coefficient (Wildman–Crippen LogP) is 1.73. The van der Waals surface area contributed by atoms with Crippen LogP contribution in [-0.2, 0) is 18.4 Å². The van der Waals surface area contributed by atoms with Crippen LogP contribution in [0.4, 0.5) is 0 Å². The highest BCUT2D eigenvalue weighted by Crippen LogP contribution is 2.04. The van der Waals surface area contributed by atoms with Crippen molar-refractivity contribution in [2.24, 2.45) is 12.0 Å². The second kappa shape index (κ2) is 9.92. The van der Waals surface area contributed by atoms with Gasteiger partial charge in [0, 0.05) is 45.0 Å². The normalized spacial score (nSPS) is 12.8. The molecule has 1 amide bonds. The summed E-state index contributed by atoms with van der Waals surface area (Å²) in [5, 5.41) is 6.24. The Morgan fingerprint density at radius 2 is 2.17 bits per heavy atom. The van der Waals surface area contributed by atoms with Crippen LogP contribution in [-0.4, -0.2) is 47.5 Å². The van der Waals surface area contributed by atoms with E-state index < -0.39 is 0 Å². The van der Waals surface area contributed by atoms with Crippen molar-refractivity contribution in [3.63, 3.8) is 0 Å². The van der Waals surface area contributed by atoms with Crippen molar-refractivity contribution < 1.29 is 4.79 Å². The molecule has 1 rings (SSSR count). The Labute approximate surface area is 140 Å². The first-order chi connectivity index (χ1) is 11.0. The number of carbonyl (C=O) groups is 1. The molecule has 0 aliphatic heterocycles. The third kappa shape index (κ3) is 6.76. The molecule has 0 aromatic carbocycles. The number of amides is 1. The van der Waals surface area contributed by atoms with Gasteiger partial charge in [-0.2, -0.15) is 0 Å². The van der Waals surface area contributed by atoms with Crippen LogP contribution in [0.25, 0.3) is 0 Å². The van der Waals surface area contributed by atoms with Crippen LogP contribution in [0.1, 0.15) is 39.3 Å². The summed E-state index contributed by atoms with van der Waals surface area (Å²) in [6.45, 7) is 8.18. The second-order valence-corrected chi connectivity index (χ2v) is 5.83. The average Bonchev–Trinajstić information content (AvgIpc) is 2.91. The van der Waals surface area contributed by atoms with Crippen LogP contribution < -0.4 is 10.6 Å². The van der Waals surface area contributed by atoms with E-state index in [2.05, 4.69) is 38.1 Å². The molecule has 1 unspecified atom stereocenters. The third-order valence-corrected chi connectivity index (χ3v) is 3.77. The molecule has 0 aliphatic rings. The molecular formula is C17H31N5O.